The summed E-state index contributed by atoms with van der Waals surface area (Å²) in [4.78, 5) is 31.6. The molecule has 0 bridgehead atoms. The van der Waals surface area contributed by atoms with Gasteiger partial charge in [0.15, 0.2) is 4.96 Å². The molecular weight excluding hydrogens is 474 g/mol. The summed E-state index contributed by atoms with van der Waals surface area (Å²) in [5.41, 5.74) is 4.52. The molecule has 0 saturated carbocycles. The van der Waals surface area contributed by atoms with E-state index < -0.39 is 0 Å². The van der Waals surface area contributed by atoms with Gasteiger partial charge in [-0.25, -0.2) is 9.67 Å². The average molecular weight is 500 g/mol. The zero-order chi connectivity index (χ0) is 25.2. The van der Waals surface area contributed by atoms with Crippen molar-refractivity contribution in [1.29, 1.82) is 0 Å². The van der Waals surface area contributed by atoms with Gasteiger partial charge in [-0.2, -0.15) is 5.10 Å². The van der Waals surface area contributed by atoms with Crippen LogP contribution in [0.5, 0.6) is 5.75 Å². The lowest BCUT2D eigenvalue weighted by Gasteiger charge is -2.09. The zero-order valence-electron chi connectivity index (χ0n) is 20.2. The highest BCUT2D eigenvalue weighted by molar-refractivity contribution is 7.15. The van der Waals surface area contributed by atoms with E-state index in [0.717, 1.165) is 16.9 Å². The van der Waals surface area contributed by atoms with E-state index >= 15 is 0 Å². The van der Waals surface area contributed by atoms with Crippen LogP contribution in [0.2, 0.25) is 0 Å². The molecule has 182 valence electrons. The molecule has 0 unspecified atom stereocenters. The summed E-state index contributed by atoms with van der Waals surface area (Å²) in [7, 11) is 1.61. The maximum Gasteiger partial charge on any atom is 0.268 e. The van der Waals surface area contributed by atoms with Crippen LogP contribution in [-0.2, 0) is 17.8 Å². The van der Waals surface area contributed by atoms with Gasteiger partial charge in [0.25, 0.3) is 5.56 Å². The summed E-state index contributed by atoms with van der Waals surface area (Å²) in [5, 5.41) is 9.47. The van der Waals surface area contributed by atoms with Crippen molar-refractivity contribution in [2.24, 2.45) is 0 Å². The van der Waals surface area contributed by atoms with Gasteiger partial charge >= 0.3 is 0 Å². The van der Waals surface area contributed by atoms with E-state index in [-0.39, 0.29) is 17.9 Å². The molecule has 0 aliphatic heterocycles. The molecule has 0 aliphatic rings. The second kappa shape index (κ2) is 9.79. The lowest BCUT2D eigenvalue weighted by molar-refractivity contribution is -0.120. The number of amides is 1. The molecular formula is C27H25N5O3S. The molecule has 0 atom stereocenters. The number of benzene rings is 2. The number of hydrogen-bond donors (Lipinski definition) is 1. The third kappa shape index (κ3) is 4.40. The molecule has 8 nitrogen and oxygen atoms in total. The number of carbonyl (C=O) groups excluding carboxylic acids is 1. The lowest BCUT2D eigenvalue weighted by Crippen LogP contribution is -2.27. The molecule has 3 aromatic heterocycles. The molecule has 2 aromatic carbocycles. The van der Waals surface area contributed by atoms with Crippen LogP contribution in [-0.4, -0.2) is 32.2 Å². The van der Waals surface area contributed by atoms with Crippen molar-refractivity contribution in [2.75, 3.05) is 7.11 Å². The SMILES string of the molecule is COc1ccccc1-n1nc(-c2c(C)nc3scc(CC(=O)NCc4ccccc4)n3c2=O)cc1C. The molecule has 1 amide bonds. The minimum Gasteiger partial charge on any atom is -0.494 e. The van der Waals surface area contributed by atoms with Crippen LogP contribution in [0.4, 0.5) is 0 Å². The summed E-state index contributed by atoms with van der Waals surface area (Å²) < 4.78 is 8.77. The van der Waals surface area contributed by atoms with Crippen molar-refractivity contribution >= 4 is 22.2 Å². The predicted molar refractivity (Wildman–Crippen MR) is 140 cm³/mol. The lowest BCUT2D eigenvalue weighted by atomic mass is 10.1. The van der Waals surface area contributed by atoms with E-state index in [0.29, 0.717) is 39.9 Å². The Morgan fingerprint density at radius 1 is 1.08 bits per heavy atom. The molecule has 0 radical (unpaired) electrons. The number of nitrogens with one attached hydrogen (secondary N) is 1. The number of aromatic nitrogens is 4. The monoisotopic (exact) mass is 499 g/mol. The molecule has 9 heteroatoms. The van der Waals surface area contributed by atoms with Gasteiger partial charge in [0, 0.05) is 23.3 Å². The summed E-state index contributed by atoms with van der Waals surface area (Å²) >= 11 is 1.34. The molecule has 0 aliphatic carbocycles. The van der Waals surface area contributed by atoms with E-state index in [2.05, 4.69) is 10.3 Å². The first kappa shape index (κ1) is 23.5. The fourth-order valence-electron chi connectivity index (χ4n) is 4.19. The van der Waals surface area contributed by atoms with E-state index in [1.165, 1.54) is 15.7 Å². The Labute approximate surface area is 211 Å². The third-order valence-electron chi connectivity index (χ3n) is 5.95. The summed E-state index contributed by atoms with van der Waals surface area (Å²) in [6.07, 6.45) is 0.0750. The predicted octanol–water partition coefficient (Wildman–Crippen LogP) is 4.09. The smallest absolute Gasteiger partial charge is 0.268 e. The third-order valence-corrected chi connectivity index (χ3v) is 6.83. The highest BCUT2D eigenvalue weighted by Gasteiger charge is 2.20. The molecule has 1 N–H and O–H groups in total. The van der Waals surface area contributed by atoms with Gasteiger partial charge in [0.2, 0.25) is 5.91 Å². The highest BCUT2D eigenvalue weighted by Crippen LogP contribution is 2.27. The Balaban J connectivity index is 1.49. The minimum atomic E-state index is -0.241. The van der Waals surface area contributed by atoms with E-state index in [1.54, 1.807) is 18.7 Å². The van der Waals surface area contributed by atoms with Crippen LogP contribution in [0.1, 0.15) is 22.6 Å². The first-order chi connectivity index (χ1) is 17.5. The maximum absolute atomic E-state index is 13.7. The van der Waals surface area contributed by atoms with Gasteiger partial charge in [0.1, 0.15) is 17.1 Å². The molecule has 5 rings (SSSR count). The van der Waals surface area contributed by atoms with Gasteiger partial charge in [-0.1, -0.05) is 42.5 Å². The summed E-state index contributed by atoms with van der Waals surface area (Å²) in [5.74, 6) is 0.516. The Bertz CT molecular complexity index is 1620. The topological polar surface area (TPSA) is 90.5 Å². The number of rotatable bonds is 7. The quantitative estimate of drug-likeness (QED) is 0.364. The molecule has 0 spiro atoms. The largest absolute Gasteiger partial charge is 0.494 e. The number of ether oxygens (including phenoxy) is 1. The van der Waals surface area contributed by atoms with Gasteiger partial charge in [-0.15, -0.1) is 11.3 Å². The van der Waals surface area contributed by atoms with Crippen molar-refractivity contribution in [2.45, 2.75) is 26.8 Å². The van der Waals surface area contributed by atoms with Crippen LogP contribution in [0.25, 0.3) is 21.9 Å². The fraction of sp³-hybridized carbons (Fsp3) is 0.185. The van der Waals surface area contributed by atoms with Gasteiger partial charge in [0.05, 0.1) is 24.8 Å². The standard InChI is InChI=1S/C27H25N5O3S/c1-17-13-21(30-32(17)22-11-7-8-12-23(22)35-3)25-18(2)29-27-31(26(25)34)20(16-36-27)14-24(33)28-15-19-9-5-4-6-10-19/h4-13,16H,14-15H2,1-3H3,(H,28,33). The summed E-state index contributed by atoms with van der Waals surface area (Å²) in [6.45, 7) is 4.16. The van der Waals surface area contributed by atoms with E-state index in [1.807, 2.05) is 73.0 Å². The first-order valence-electron chi connectivity index (χ1n) is 11.5. The van der Waals surface area contributed by atoms with Crippen LogP contribution in [0.15, 0.2) is 70.8 Å². The highest BCUT2D eigenvalue weighted by atomic mass is 32.1. The maximum atomic E-state index is 13.7. The van der Waals surface area contributed by atoms with Gasteiger partial charge < -0.3 is 10.1 Å². The second-order valence-corrected chi connectivity index (χ2v) is 9.25. The van der Waals surface area contributed by atoms with Crippen LogP contribution >= 0.6 is 11.3 Å². The van der Waals surface area contributed by atoms with Crippen LogP contribution in [0, 0.1) is 13.8 Å². The van der Waals surface area contributed by atoms with E-state index in [4.69, 9.17) is 9.84 Å². The van der Waals surface area contributed by atoms with Crippen molar-refractivity contribution in [3.8, 4) is 22.7 Å². The first-order valence-corrected chi connectivity index (χ1v) is 12.3. The van der Waals surface area contributed by atoms with Crippen LogP contribution < -0.4 is 15.6 Å². The number of carbonyl (C=O) groups is 1. The number of methoxy groups -OCH3 is 1. The molecule has 0 saturated heterocycles. The fourth-order valence-corrected chi connectivity index (χ4v) is 5.12. The number of para-hydroxylation sites is 2. The molecule has 36 heavy (non-hydrogen) atoms. The zero-order valence-corrected chi connectivity index (χ0v) is 21.0. The minimum absolute atomic E-state index is 0.0750. The Morgan fingerprint density at radius 2 is 1.83 bits per heavy atom. The van der Waals surface area contributed by atoms with Gasteiger partial charge in [-0.05, 0) is 37.6 Å². The number of thiazole rings is 1. The number of aryl methyl sites for hydroxylation is 2. The Hall–Kier alpha value is -4.24. The van der Waals surface area contributed by atoms with Crippen molar-refractivity contribution in [3.05, 3.63) is 99.0 Å². The molecule has 5 aromatic rings. The van der Waals surface area contributed by atoms with Crippen molar-refractivity contribution in [3.63, 3.8) is 0 Å². The number of nitrogens with zero attached hydrogens (tertiary/aromatic N) is 4. The summed E-state index contributed by atoms with van der Waals surface area (Å²) in [6, 6.07) is 19.1. The molecule has 0 fully saturated rings. The number of fused-ring (bicyclic) bond motifs is 1. The number of hydrogen-bond acceptors (Lipinski definition) is 6. The van der Waals surface area contributed by atoms with Crippen molar-refractivity contribution < 1.29 is 9.53 Å². The normalized spacial score (nSPS) is 11.1. The second-order valence-electron chi connectivity index (χ2n) is 8.42. The van der Waals surface area contributed by atoms with Crippen molar-refractivity contribution in [1.82, 2.24) is 24.5 Å². The molecule has 3 heterocycles. The van der Waals surface area contributed by atoms with Crippen LogP contribution in [0.3, 0.4) is 0 Å². The Kier molecular flexibility index (Phi) is 6.39. The Morgan fingerprint density at radius 3 is 2.61 bits per heavy atom. The van der Waals surface area contributed by atoms with E-state index in [9.17, 15) is 9.59 Å². The van der Waals surface area contributed by atoms with Gasteiger partial charge in [-0.3, -0.25) is 14.0 Å². The average Bonchev–Trinajstić information content (AvgIpc) is 3.46.